The molecule has 2 N–H and O–H groups in total. The molecule has 0 saturated heterocycles. The van der Waals surface area contributed by atoms with Gasteiger partial charge in [-0.1, -0.05) is 13.0 Å². The Balaban J connectivity index is 1.93. The summed E-state index contributed by atoms with van der Waals surface area (Å²) in [5, 5.41) is 2.02. The largest absolute Gasteiger partial charge is 0.398 e. The first-order valence-electron chi connectivity index (χ1n) is 6.96. The molecular weight excluding hydrogens is 304 g/mol. The molecule has 2 aromatic rings. The van der Waals surface area contributed by atoms with Crippen molar-refractivity contribution in [2.45, 2.75) is 31.2 Å². The number of thiophene rings is 1. The average molecular weight is 322 g/mol. The maximum Gasteiger partial charge on any atom is 0.243 e. The van der Waals surface area contributed by atoms with Gasteiger partial charge in [-0.2, -0.15) is 4.31 Å². The standard InChI is InChI=1S/C15H18N2O2S2/c1-2-11-3-4-13(9-14(11)16)21(18,19)17-7-5-15-12(10-17)6-8-20-15/h3-4,6,8-9H,2,5,7,10,16H2,1H3. The summed E-state index contributed by atoms with van der Waals surface area (Å²) >= 11 is 1.70. The van der Waals surface area contributed by atoms with Crippen LogP contribution in [0.15, 0.2) is 34.5 Å². The number of aryl methyl sites for hydroxylation is 1. The zero-order valence-electron chi connectivity index (χ0n) is 11.9. The van der Waals surface area contributed by atoms with Crippen molar-refractivity contribution < 1.29 is 8.42 Å². The SMILES string of the molecule is CCc1ccc(S(=O)(=O)N2CCc3sccc3C2)cc1N. The molecule has 1 aliphatic rings. The zero-order valence-corrected chi connectivity index (χ0v) is 13.5. The van der Waals surface area contributed by atoms with Crippen molar-refractivity contribution in [1.82, 2.24) is 4.31 Å². The lowest BCUT2D eigenvalue weighted by Gasteiger charge is -2.26. The molecule has 112 valence electrons. The number of hydrogen-bond donors (Lipinski definition) is 1. The smallest absolute Gasteiger partial charge is 0.243 e. The highest BCUT2D eigenvalue weighted by Gasteiger charge is 2.29. The predicted octanol–water partition coefficient (Wildman–Crippen LogP) is 2.64. The van der Waals surface area contributed by atoms with Gasteiger partial charge in [-0.25, -0.2) is 8.42 Å². The number of sulfonamides is 1. The lowest BCUT2D eigenvalue weighted by molar-refractivity contribution is 0.394. The van der Waals surface area contributed by atoms with Crippen LogP contribution in [-0.2, 0) is 29.4 Å². The van der Waals surface area contributed by atoms with Crippen molar-refractivity contribution in [2.75, 3.05) is 12.3 Å². The molecule has 1 aliphatic heterocycles. The van der Waals surface area contributed by atoms with Crippen LogP contribution < -0.4 is 5.73 Å². The molecule has 6 heteroatoms. The minimum Gasteiger partial charge on any atom is -0.398 e. The summed E-state index contributed by atoms with van der Waals surface area (Å²) < 4.78 is 27.0. The first-order chi connectivity index (χ1) is 10.0. The van der Waals surface area contributed by atoms with Crippen molar-refractivity contribution in [3.05, 3.63) is 45.6 Å². The maximum atomic E-state index is 12.7. The first kappa shape index (κ1) is 14.6. The lowest BCUT2D eigenvalue weighted by Crippen LogP contribution is -2.35. The Hall–Kier alpha value is -1.37. The summed E-state index contributed by atoms with van der Waals surface area (Å²) in [6, 6.07) is 7.06. The number of benzene rings is 1. The fourth-order valence-electron chi connectivity index (χ4n) is 2.63. The highest BCUT2D eigenvalue weighted by atomic mass is 32.2. The van der Waals surface area contributed by atoms with Crippen LogP contribution in [0, 0.1) is 0 Å². The van der Waals surface area contributed by atoms with Crippen LogP contribution in [0.1, 0.15) is 22.9 Å². The van der Waals surface area contributed by atoms with Crippen LogP contribution >= 0.6 is 11.3 Å². The van der Waals surface area contributed by atoms with Crippen LogP contribution in [0.2, 0.25) is 0 Å². The summed E-state index contributed by atoms with van der Waals surface area (Å²) in [5.41, 5.74) is 8.58. The molecule has 0 unspecified atom stereocenters. The summed E-state index contributed by atoms with van der Waals surface area (Å²) in [7, 11) is -3.47. The Labute approximate surface area is 129 Å². The second-order valence-electron chi connectivity index (χ2n) is 5.17. The molecular formula is C15H18N2O2S2. The van der Waals surface area contributed by atoms with Crippen LogP contribution in [0.25, 0.3) is 0 Å². The monoisotopic (exact) mass is 322 g/mol. The van der Waals surface area contributed by atoms with E-state index >= 15 is 0 Å². The van der Waals surface area contributed by atoms with E-state index in [2.05, 4.69) is 0 Å². The molecule has 0 spiro atoms. The van der Waals surface area contributed by atoms with Crippen molar-refractivity contribution in [2.24, 2.45) is 0 Å². The van der Waals surface area contributed by atoms with Crippen molar-refractivity contribution in [3.63, 3.8) is 0 Å². The van der Waals surface area contributed by atoms with Crippen LogP contribution in [-0.4, -0.2) is 19.3 Å². The number of nitrogens with zero attached hydrogens (tertiary/aromatic N) is 1. The van der Waals surface area contributed by atoms with E-state index in [0.717, 1.165) is 24.0 Å². The van der Waals surface area contributed by atoms with Gasteiger partial charge in [0.15, 0.2) is 0 Å². The topological polar surface area (TPSA) is 63.4 Å². The molecule has 21 heavy (non-hydrogen) atoms. The highest BCUT2D eigenvalue weighted by Crippen LogP contribution is 2.29. The molecule has 0 fully saturated rings. The lowest BCUT2D eigenvalue weighted by atomic mass is 10.1. The van der Waals surface area contributed by atoms with E-state index in [4.69, 9.17) is 5.73 Å². The molecule has 0 amide bonds. The molecule has 0 aliphatic carbocycles. The Morgan fingerprint density at radius 2 is 2.14 bits per heavy atom. The van der Waals surface area contributed by atoms with Gasteiger partial charge in [-0.05, 0) is 47.5 Å². The summed E-state index contributed by atoms with van der Waals surface area (Å²) in [6.45, 7) is 2.99. The fourth-order valence-corrected chi connectivity index (χ4v) is 4.98. The van der Waals surface area contributed by atoms with E-state index in [1.165, 1.54) is 4.88 Å². The normalized spacial score (nSPS) is 15.9. The van der Waals surface area contributed by atoms with Crippen molar-refractivity contribution in [3.8, 4) is 0 Å². The van der Waals surface area contributed by atoms with E-state index in [1.54, 1.807) is 27.8 Å². The zero-order chi connectivity index (χ0) is 15.0. The Morgan fingerprint density at radius 1 is 1.33 bits per heavy atom. The Bertz CT molecular complexity index is 766. The fraction of sp³-hybridized carbons (Fsp3) is 0.333. The van der Waals surface area contributed by atoms with Crippen molar-refractivity contribution in [1.29, 1.82) is 0 Å². The molecule has 1 aromatic carbocycles. The summed E-state index contributed by atoms with van der Waals surface area (Å²) in [6.07, 6.45) is 1.59. The molecule has 1 aromatic heterocycles. The van der Waals surface area contributed by atoms with Gasteiger partial charge in [-0.15, -0.1) is 11.3 Å². The van der Waals surface area contributed by atoms with Crippen LogP contribution in [0.5, 0.6) is 0 Å². The van der Waals surface area contributed by atoms with Gasteiger partial charge in [0.2, 0.25) is 10.0 Å². The van der Waals surface area contributed by atoms with E-state index < -0.39 is 10.0 Å². The molecule has 0 bridgehead atoms. The van der Waals surface area contributed by atoms with Gasteiger partial charge in [0.25, 0.3) is 0 Å². The van der Waals surface area contributed by atoms with E-state index in [-0.39, 0.29) is 4.90 Å². The predicted molar refractivity (Wildman–Crippen MR) is 85.9 cm³/mol. The summed E-state index contributed by atoms with van der Waals surface area (Å²) in [4.78, 5) is 1.58. The Morgan fingerprint density at radius 3 is 2.86 bits per heavy atom. The Kier molecular flexibility index (Phi) is 3.77. The van der Waals surface area contributed by atoms with Gasteiger partial charge < -0.3 is 5.73 Å². The number of nitrogens with two attached hydrogens (primary N) is 1. The number of rotatable bonds is 3. The number of hydrogen-bond acceptors (Lipinski definition) is 4. The average Bonchev–Trinajstić information content (AvgIpc) is 2.94. The second kappa shape index (κ2) is 5.44. The molecule has 0 saturated carbocycles. The quantitative estimate of drug-likeness (QED) is 0.884. The number of nitrogen functional groups attached to an aromatic ring is 1. The molecule has 3 rings (SSSR count). The first-order valence-corrected chi connectivity index (χ1v) is 9.28. The molecule has 0 atom stereocenters. The number of fused-ring (bicyclic) bond motifs is 1. The van der Waals surface area contributed by atoms with E-state index in [1.807, 2.05) is 24.4 Å². The van der Waals surface area contributed by atoms with Gasteiger partial charge in [-0.3, -0.25) is 0 Å². The van der Waals surface area contributed by atoms with Crippen LogP contribution in [0.3, 0.4) is 0 Å². The summed E-state index contributed by atoms with van der Waals surface area (Å²) in [5.74, 6) is 0. The number of anilines is 1. The van der Waals surface area contributed by atoms with Gasteiger partial charge in [0, 0.05) is 23.7 Å². The maximum absolute atomic E-state index is 12.7. The second-order valence-corrected chi connectivity index (χ2v) is 8.11. The van der Waals surface area contributed by atoms with Gasteiger partial charge in [0.1, 0.15) is 0 Å². The van der Waals surface area contributed by atoms with Crippen molar-refractivity contribution >= 4 is 27.0 Å². The minimum absolute atomic E-state index is 0.288. The van der Waals surface area contributed by atoms with E-state index in [9.17, 15) is 8.42 Å². The van der Waals surface area contributed by atoms with E-state index in [0.29, 0.717) is 18.8 Å². The third-order valence-corrected chi connectivity index (χ3v) is 6.77. The molecule has 0 radical (unpaired) electrons. The molecule has 2 heterocycles. The van der Waals surface area contributed by atoms with Gasteiger partial charge in [0.05, 0.1) is 4.90 Å². The third-order valence-electron chi connectivity index (χ3n) is 3.91. The third kappa shape index (κ3) is 2.59. The van der Waals surface area contributed by atoms with Crippen LogP contribution in [0.4, 0.5) is 5.69 Å². The minimum atomic E-state index is -3.47. The van der Waals surface area contributed by atoms with Gasteiger partial charge >= 0.3 is 0 Å². The highest BCUT2D eigenvalue weighted by molar-refractivity contribution is 7.89. The molecule has 4 nitrogen and oxygen atoms in total.